The summed E-state index contributed by atoms with van der Waals surface area (Å²) in [7, 11) is 1.64. The fraction of sp³-hybridized carbons (Fsp3) is 0.538. The van der Waals surface area contributed by atoms with Crippen LogP contribution >= 0.6 is 0 Å². The summed E-state index contributed by atoms with van der Waals surface area (Å²) in [6, 6.07) is 7.55. The van der Waals surface area contributed by atoms with E-state index in [1.165, 1.54) is 0 Å². The Balaban J connectivity index is 2.10. The number of methoxy groups -OCH3 is 1. The highest BCUT2D eigenvalue weighted by Gasteiger charge is 2.21. The first-order chi connectivity index (χ1) is 8.35. The number of alkyl halides is 1. The van der Waals surface area contributed by atoms with Gasteiger partial charge in [0.05, 0.1) is 13.2 Å². The van der Waals surface area contributed by atoms with Gasteiger partial charge in [-0.3, -0.25) is 4.90 Å². The maximum atomic E-state index is 13.2. The van der Waals surface area contributed by atoms with Crippen LogP contribution in [0, 0.1) is 0 Å². The molecule has 2 rings (SSSR count). The Kier molecular flexibility index (Phi) is 4.34. The topological polar surface area (TPSA) is 24.5 Å². The molecule has 1 atom stereocenters. The van der Waals surface area contributed by atoms with E-state index in [9.17, 15) is 4.39 Å². The largest absolute Gasteiger partial charge is 0.497 e. The van der Waals surface area contributed by atoms with Gasteiger partial charge in [-0.25, -0.2) is 4.39 Å². The van der Waals surface area contributed by atoms with Crippen molar-refractivity contribution in [3.63, 3.8) is 0 Å². The van der Waals surface area contributed by atoms with Gasteiger partial charge in [-0.2, -0.15) is 0 Å². The Hall–Kier alpha value is -1.13. The smallest absolute Gasteiger partial charge is 0.118 e. The molecule has 0 aromatic heterocycles. The van der Waals surface area contributed by atoms with E-state index in [0.717, 1.165) is 37.5 Å². The summed E-state index contributed by atoms with van der Waals surface area (Å²) >= 11 is 0. The van der Waals surface area contributed by atoms with Gasteiger partial charge in [0.1, 0.15) is 12.4 Å². The van der Waals surface area contributed by atoms with Gasteiger partial charge in [0.2, 0.25) is 0 Å². The van der Waals surface area contributed by atoms with Crippen LogP contribution < -0.4 is 10.1 Å². The average Bonchev–Trinajstić information content (AvgIpc) is 2.42. The fourth-order valence-corrected chi connectivity index (χ4v) is 2.22. The van der Waals surface area contributed by atoms with Crippen molar-refractivity contribution in [1.29, 1.82) is 0 Å². The van der Waals surface area contributed by atoms with Crippen molar-refractivity contribution in [2.75, 3.05) is 40.0 Å². The number of hydrogen-bond donors (Lipinski definition) is 1. The minimum absolute atomic E-state index is 0.122. The van der Waals surface area contributed by atoms with Gasteiger partial charge in [0.25, 0.3) is 0 Å². The molecular formula is C13H19FN2O. The molecule has 1 aromatic rings. The van der Waals surface area contributed by atoms with E-state index in [-0.39, 0.29) is 12.7 Å². The van der Waals surface area contributed by atoms with Crippen LogP contribution in [0.3, 0.4) is 0 Å². The molecule has 0 bridgehead atoms. The zero-order valence-corrected chi connectivity index (χ0v) is 10.2. The molecule has 4 heteroatoms. The predicted octanol–water partition coefficient (Wildman–Crippen LogP) is 1.61. The lowest BCUT2D eigenvalue weighted by molar-refractivity contribution is 0.147. The Morgan fingerprint density at radius 2 is 1.94 bits per heavy atom. The van der Waals surface area contributed by atoms with Crippen molar-refractivity contribution in [2.24, 2.45) is 0 Å². The molecular weight excluding hydrogens is 219 g/mol. The summed E-state index contributed by atoms with van der Waals surface area (Å²) in [4.78, 5) is 2.19. The van der Waals surface area contributed by atoms with Crippen LogP contribution in [0.15, 0.2) is 24.3 Å². The highest BCUT2D eigenvalue weighted by Crippen LogP contribution is 2.23. The first kappa shape index (κ1) is 12.3. The Labute approximate surface area is 102 Å². The summed E-state index contributed by atoms with van der Waals surface area (Å²) in [5, 5.41) is 3.28. The van der Waals surface area contributed by atoms with E-state index in [0.29, 0.717) is 0 Å². The van der Waals surface area contributed by atoms with Gasteiger partial charge in [0.15, 0.2) is 0 Å². The molecule has 1 aromatic carbocycles. The zero-order valence-electron chi connectivity index (χ0n) is 10.2. The van der Waals surface area contributed by atoms with Crippen LogP contribution in [0.1, 0.15) is 11.6 Å². The van der Waals surface area contributed by atoms with E-state index in [1.54, 1.807) is 7.11 Å². The SMILES string of the molecule is COc1ccc([C@@H](CF)N2CCNCC2)cc1. The van der Waals surface area contributed by atoms with Crippen molar-refractivity contribution in [3.05, 3.63) is 29.8 Å². The number of hydrogen-bond acceptors (Lipinski definition) is 3. The molecule has 0 radical (unpaired) electrons. The van der Waals surface area contributed by atoms with Gasteiger partial charge in [-0.1, -0.05) is 12.1 Å². The minimum Gasteiger partial charge on any atom is -0.497 e. The monoisotopic (exact) mass is 238 g/mol. The number of benzene rings is 1. The minimum atomic E-state index is -0.341. The molecule has 3 nitrogen and oxygen atoms in total. The van der Waals surface area contributed by atoms with E-state index in [2.05, 4.69) is 10.2 Å². The second kappa shape index (κ2) is 5.98. The second-order valence-corrected chi connectivity index (χ2v) is 4.23. The predicted molar refractivity (Wildman–Crippen MR) is 66.2 cm³/mol. The second-order valence-electron chi connectivity index (χ2n) is 4.23. The maximum absolute atomic E-state index is 13.2. The van der Waals surface area contributed by atoms with Crippen molar-refractivity contribution in [1.82, 2.24) is 10.2 Å². The summed E-state index contributed by atoms with van der Waals surface area (Å²) in [5.41, 5.74) is 1.02. The first-order valence-electron chi connectivity index (χ1n) is 6.00. The van der Waals surface area contributed by atoms with Crippen LogP contribution in [0.4, 0.5) is 4.39 Å². The lowest BCUT2D eigenvalue weighted by Crippen LogP contribution is -2.45. The molecule has 0 spiro atoms. The number of piperazine rings is 1. The molecule has 1 N–H and O–H groups in total. The Bertz CT molecular complexity index is 336. The summed E-state index contributed by atoms with van der Waals surface area (Å²) in [5.74, 6) is 0.812. The Morgan fingerprint density at radius 1 is 1.29 bits per heavy atom. The lowest BCUT2D eigenvalue weighted by atomic mass is 10.1. The third kappa shape index (κ3) is 2.96. The molecule has 1 fully saturated rings. The molecule has 0 aliphatic carbocycles. The summed E-state index contributed by atoms with van der Waals surface area (Å²) in [6.45, 7) is 3.34. The van der Waals surface area contributed by atoms with E-state index in [4.69, 9.17) is 4.74 Å². The van der Waals surface area contributed by atoms with Crippen LogP contribution in [-0.4, -0.2) is 44.9 Å². The van der Waals surface area contributed by atoms with Crippen molar-refractivity contribution in [2.45, 2.75) is 6.04 Å². The number of rotatable bonds is 4. The van der Waals surface area contributed by atoms with Gasteiger partial charge in [-0.15, -0.1) is 0 Å². The van der Waals surface area contributed by atoms with Crippen LogP contribution in [0.5, 0.6) is 5.75 Å². The van der Waals surface area contributed by atoms with E-state index >= 15 is 0 Å². The molecule has 1 saturated heterocycles. The zero-order chi connectivity index (χ0) is 12.1. The lowest BCUT2D eigenvalue weighted by Gasteiger charge is -2.33. The molecule has 1 aliphatic rings. The van der Waals surface area contributed by atoms with Crippen LogP contribution in [0.25, 0.3) is 0 Å². The van der Waals surface area contributed by atoms with Crippen LogP contribution in [-0.2, 0) is 0 Å². The third-order valence-electron chi connectivity index (χ3n) is 3.24. The van der Waals surface area contributed by atoms with E-state index < -0.39 is 0 Å². The quantitative estimate of drug-likeness (QED) is 0.862. The van der Waals surface area contributed by atoms with Gasteiger partial charge >= 0.3 is 0 Å². The number of nitrogens with one attached hydrogen (secondary N) is 1. The van der Waals surface area contributed by atoms with Crippen LogP contribution in [0.2, 0.25) is 0 Å². The van der Waals surface area contributed by atoms with Crippen molar-refractivity contribution < 1.29 is 9.13 Å². The fourth-order valence-electron chi connectivity index (χ4n) is 2.22. The molecule has 1 heterocycles. The van der Waals surface area contributed by atoms with Gasteiger partial charge in [-0.05, 0) is 17.7 Å². The molecule has 0 saturated carbocycles. The molecule has 17 heavy (non-hydrogen) atoms. The third-order valence-corrected chi connectivity index (χ3v) is 3.24. The number of nitrogens with zero attached hydrogens (tertiary/aromatic N) is 1. The molecule has 94 valence electrons. The number of halogens is 1. The highest BCUT2D eigenvalue weighted by atomic mass is 19.1. The number of ether oxygens (including phenoxy) is 1. The van der Waals surface area contributed by atoms with Gasteiger partial charge in [0, 0.05) is 26.2 Å². The summed E-state index contributed by atoms with van der Waals surface area (Å²) in [6.07, 6.45) is 0. The summed E-state index contributed by atoms with van der Waals surface area (Å²) < 4.78 is 18.3. The van der Waals surface area contributed by atoms with Crippen molar-refractivity contribution in [3.8, 4) is 5.75 Å². The first-order valence-corrected chi connectivity index (χ1v) is 6.00. The normalized spacial score (nSPS) is 18.9. The average molecular weight is 238 g/mol. The standard InChI is InChI=1S/C13H19FN2O/c1-17-12-4-2-11(3-5-12)13(10-14)16-8-6-15-7-9-16/h2-5,13,15H,6-10H2,1H3/t13-/m1/s1. The van der Waals surface area contributed by atoms with Gasteiger partial charge < -0.3 is 10.1 Å². The maximum Gasteiger partial charge on any atom is 0.118 e. The van der Waals surface area contributed by atoms with E-state index in [1.807, 2.05) is 24.3 Å². The molecule has 1 aliphatic heterocycles. The highest BCUT2D eigenvalue weighted by molar-refractivity contribution is 5.29. The molecule has 0 unspecified atom stereocenters. The Morgan fingerprint density at radius 3 is 2.47 bits per heavy atom. The van der Waals surface area contributed by atoms with Crippen molar-refractivity contribution >= 4 is 0 Å². The molecule has 0 amide bonds.